The summed E-state index contributed by atoms with van der Waals surface area (Å²) in [5, 5.41) is 6.70. The average molecular weight is 353 g/mol. The zero-order valence-corrected chi connectivity index (χ0v) is 14.3. The lowest BCUT2D eigenvalue weighted by Crippen LogP contribution is -2.25. The molecule has 1 aromatic heterocycles. The Morgan fingerprint density at radius 2 is 2.00 bits per heavy atom. The number of carbonyl (C=O) groups is 1. The Morgan fingerprint density at radius 3 is 2.70 bits per heavy atom. The van der Waals surface area contributed by atoms with E-state index in [1.54, 1.807) is 18.2 Å². The first-order valence-corrected chi connectivity index (χ1v) is 8.18. The number of aromatic nitrogens is 2. The van der Waals surface area contributed by atoms with Crippen molar-refractivity contribution in [3.8, 4) is 0 Å². The molecule has 0 saturated heterocycles. The van der Waals surface area contributed by atoms with Gasteiger partial charge in [0.2, 0.25) is 0 Å². The summed E-state index contributed by atoms with van der Waals surface area (Å²) in [6.45, 7) is 2.76. The van der Waals surface area contributed by atoms with Gasteiger partial charge in [0.15, 0.2) is 0 Å². The van der Waals surface area contributed by atoms with Crippen LogP contribution in [0.25, 0.3) is 0 Å². The molecule has 0 saturated carbocycles. The molecule has 0 aliphatic carbocycles. The maximum absolute atomic E-state index is 11.9. The number of benzene rings is 1. The highest BCUT2D eigenvalue weighted by Crippen LogP contribution is 2.31. The van der Waals surface area contributed by atoms with E-state index in [0.29, 0.717) is 28.1 Å². The first-order chi connectivity index (χ1) is 11.1. The first kappa shape index (κ1) is 17.5. The van der Waals surface area contributed by atoms with Crippen molar-refractivity contribution < 1.29 is 4.79 Å². The summed E-state index contributed by atoms with van der Waals surface area (Å²) >= 11 is 12.1. The SMILES string of the molecule is CCCCCNC(=O)c1cnc(Nc2cccc(Cl)c2Cl)cn1. The Kier molecular flexibility index (Phi) is 6.62. The standard InChI is InChI=1S/C16H18Cl2N4O/c1-2-3-4-8-19-16(23)13-9-21-14(10-20-13)22-12-7-5-6-11(17)15(12)18/h5-7,9-10H,2-4,8H2,1H3,(H,19,23)(H,21,22). The Morgan fingerprint density at radius 1 is 1.17 bits per heavy atom. The third-order valence-electron chi connectivity index (χ3n) is 3.16. The summed E-state index contributed by atoms with van der Waals surface area (Å²) in [6.07, 6.45) is 6.08. The zero-order chi connectivity index (χ0) is 16.7. The van der Waals surface area contributed by atoms with Crippen molar-refractivity contribution >= 4 is 40.6 Å². The summed E-state index contributed by atoms with van der Waals surface area (Å²) in [7, 11) is 0. The minimum absolute atomic E-state index is 0.221. The minimum atomic E-state index is -0.221. The molecule has 2 rings (SSSR count). The van der Waals surface area contributed by atoms with E-state index in [9.17, 15) is 4.79 Å². The fourth-order valence-electron chi connectivity index (χ4n) is 1.92. The third kappa shape index (κ3) is 5.08. The highest BCUT2D eigenvalue weighted by molar-refractivity contribution is 6.43. The number of nitrogens with one attached hydrogen (secondary N) is 2. The van der Waals surface area contributed by atoms with E-state index < -0.39 is 0 Å². The van der Waals surface area contributed by atoms with Crippen LogP contribution in [0.2, 0.25) is 10.0 Å². The molecule has 1 heterocycles. The van der Waals surface area contributed by atoms with Gasteiger partial charge in [0.25, 0.3) is 5.91 Å². The highest BCUT2D eigenvalue weighted by atomic mass is 35.5. The second-order valence-corrected chi connectivity index (χ2v) is 5.76. The third-order valence-corrected chi connectivity index (χ3v) is 3.98. The van der Waals surface area contributed by atoms with Crippen LogP contribution in [-0.2, 0) is 0 Å². The topological polar surface area (TPSA) is 66.9 Å². The van der Waals surface area contributed by atoms with Gasteiger partial charge in [-0.2, -0.15) is 0 Å². The van der Waals surface area contributed by atoms with Crippen LogP contribution in [0.15, 0.2) is 30.6 Å². The van der Waals surface area contributed by atoms with E-state index in [0.717, 1.165) is 19.3 Å². The second kappa shape index (κ2) is 8.70. The van der Waals surface area contributed by atoms with Gasteiger partial charge in [-0.05, 0) is 18.6 Å². The van der Waals surface area contributed by atoms with Crippen molar-refractivity contribution in [3.05, 3.63) is 46.3 Å². The summed E-state index contributed by atoms with van der Waals surface area (Å²) in [5.41, 5.74) is 0.912. The van der Waals surface area contributed by atoms with Crippen LogP contribution in [0, 0.1) is 0 Å². The van der Waals surface area contributed by atoms with Crippen LogP contribution >= 0.6 is 23.2 Å². The highest BCUT2D eigenvalue weighted by Gasteiger charge is 2.09. The predicted molar refractivity (Wildman–Crippen MR) is 93.6 cm³/mol. The molecule has 122 valence electrons. The Balaban J connectivity index is 1.96. The fourth-order valence-corrected chi connectivity index (χ4v) is 2.26. The number of hydrogen-bond acceptors (Lipinski definition) is 4. The molecule has 2 aromatic rings. The Bertz CT molecular complexity index is 662. The van der Waals surface area contributed by atoms with E-state index in [2.05, 4.69) is 27.5 Å². The molecule has 1 amide bonds. The first-order valence-electron chi connectivity index (χ1n) is 7.43. The molecule has 0 fully saturated rings. The smallest absolute Gasteiger partial charge is 0.271 e. The van der Waals surface area contributed by atoms with Gasteiger partial charge in [-0.1, -0.05) is 49.0 Å². The Labute approximate surface area is 145 Å². The number of anilines is 2. The molecule has 0 atom stereocenters. The van der Waals surface area contributed by atoms with Gasteiger partial charge in [0.05, 0.1) is 28.1 Å². The molecule has 0 bridgehead atoms. The minimum Gasteiger partial charge on any atom is -0.351 e. The summed E-state index contributed by atoms with van der Waals surface area (Å²) in [4.78, 5) is 20.2. The van der Waals surface area contributed by atoms with Gasteiger partial charge < -0.3 is 10.6 Å². The number of unbranched alkanes of at least 4 members (excludes halogenated alkanes) is 2. The lowest BCUT2D eigenvalue weighted by molar-refractivity contribution is 0.0947. The number of hydrogen-bond donors (Lipinski definition) is 2. The molecule has 0 spiro atoms. The zero-order valence-electron chi connectivity index (χ0n) is 12.8. The lowest BCUT2D eigenvalue weighted by Gasteiger charge is -2.09. The van der Waals surface area contributed by atoms with Crippen LogP contribution in [0.5, 0.6) is 0 Å². The molecule has 0 aliphatic heterocycles. The van der Waals surface area contributed by atoms with Crippen LogP contribution in [0.3, 0.4) is 0 Å². The fraction of sp³-hybridized carbons (Fsp3) is 0.312. The van der Waals surface area contributed by atoms with Crippen LogP contribution in [-0.4, -0.2) is 22.4 Å². The van der Waals surface area contributed by atoms with E-state index in [4.69, 9.17) is 23.2 Å². The number of amides is 1. The molecule has 0 unspecified atom stereocenters. The molecule has 5 nitrogen and oxygen atoms in total. The van der Waals surface area contributed by atoms with E-state index >= 15 is 0 Å². The van der Waals surface area contributed by atoms with Gasteiger partial charge >= 0.3 is 0 Å². The van der Waals surface area contributed by atoms with E-state index in [1.807, 2.05) is 0 Å². The molecule has 1 aromatic carbocycles. The second-order valence-electron chi connectivity index (χ2n) is 4.98. The number of rotatable bonds is 7. The van der Waals surface area contributed by atoms with Crippen molar-refractivity contribution in [1.29, 1.82) is 0 Å². The Hall–Kier alpha value is -1.85. The van der Waals surface area contributed by atoms with E-state index in [-0.39, 0.29) is 11.6 Å². The van der Waals surface area contributed by atoms with Crippen molar-refractivity contribution in [2.75, 3.05) is 11.9 Å². The maximum Gasteiger partial charge on any atom is 0.271 e. The molecular formula is C16H18Cl2N4O. The number of nitrogens with zero attached hydrogens (tertiary/aromatic N) is 2. The molecular weight excluding hydrogens is 335 g/mol. The lowest BCUT2D eigenvalue weighted by atomic mass is 10.2. The summed E-state index contributed by atoms with van der Waals surface area (Å²) < 4.78 is 0. The van der Waals surface area contributed by atoms with Crippen molar-refractivity contribution in [2.45, 2.75) is 26.2 Å². The molecule has 7 heteroatoms. The van der Waals surface area contributed by atoms with Gasteiger partial charge in [-0.15, -0.1) is 0 Å². The maximum atomic E-state index is 11.9. The summed E-state index contributed by atoms with van der Waals surface area (Å²) in [5.74, 6) is 0.262. The van der Waals surface area contributed by atoms with Gasteiger partial charge in [-0.25, -0.2) is 9.97 Å². The van der Waals surface area contributed by atoms with E-state index in [1.165, 1.54) is 12.4 Å². The number of carbonyl (C=O) groups excluding carboxylic acids is 1. The van der Waals surface area contributed by atoms with Crippen LogP contribution in [0.1, 0.15) is 36.7 Å². The van der Waals surface area contributed by atoms with Crippen molar-refractivity contribution in [3.63, 3.8) is 0 Å². The normalized spacial score (nSPS) is 10.4. The van der Waals surface area contributed by atoms with Gasteiger partial charge in [0.1, 0.15) is 11.5 Å². The molecule has 2 N–H and O–H groups in total. The van der Waals surface area contributed by atoms with Gasteiger partial charge in [0, 0.05) is 6.54 Å². The van der Waals surface area contributed by atoms with Crippen molar-refractivity contribution in [2.24, 2.45) is 0 Å². The monoisotopic (exact) mass is 352 g/mol. The van der Waals surface area contributed by atoms with Crippen LogP contribution in [0.4, 0.5) is 11.5 Å². The number of halogens is 2. The van der Waals surface area contributed by atoms with Gasteiger partial charge in [-0.3, -0.25) is 4.79 Å². The molecule has 23 heavy (non-hydrogen) atoms. The summed E-state index contributed by atoms with van der Waals surface area (Å²) in [6, 6.07) is 5.26. The average Bonchev–Trinajstić information content (AvgIpc) is 2.56. The molecule has 0 radical (unpaired) electrons. The largest absolute Gasteiger partial charge is 0.351 e. The van der Waals surface area contributed by atoms with Crippen LogP contribution < -0.4 is 10.6 Å². The predicted octanol–water partition coefficient (Wildman–Crippen LogP) is 4.45. The molecule has 0 aliphatic rings. The van der Waals surface area contributed by atoms with Crippen molar-refractivity contribution in [1.82, 2.24) is 15.3 Å². The quantitative estimate of drug-likeness (QED) is 0.722.